The van der Waals surface area contributed by atoms with Crippen LogP contribution in [0.1, 0.15) is 6.92 Å². The van der Waals surface area contributed by atoms with E-state index >= 15 is 0 Å². The molecule has 0 saturated carbocycles. The normalized spacial score (nSPS) is 15.0. The van der Waals surface area contributed by atoms with Crippen LogP contribution >= 0.6 is 0 Å². The highest BCUT2D eigenvalue weighted by molar-refractivity contribution is 5.81. The van der Waals surface area contributed by atoms with Gasteiger partial charge >= 0.3 is 0 Å². The van der Waals surface area contributed by atoms with Crippen molar-refractivity contribution in [3.8, 4) is 17.0 Å². The maximum Gasteiger partial charge on any atom is 0.263 e. The average Bonchev–Trinajstić information content (AvgIpc) is 2.81. The van der Waals surface area contributed by atoms with E-state index in [9.17, 15) is 9.18 Å². The molecule has 3 heterocycles. The number of amides is 1. The van der Waals surface area contributed by atoms with Gasteiger partial charge in [-0.3, -0.25) is 9.78 Å². The molecule has 8 heteroatoms. The minimum absolute atomic E-state index is 0.0842. The molecule has 1 atom stereocenters. The van der Waals surface area contributed by atoms with Gasteiger partial charge in [-0.05, 0) is 43.3 Å². The van der Waals surface area contributed by atoms with Crippen molar-refractivity contribution >= 4 is 11.7 Å². The van der Waals surface area contributed by atoms with Crippen molar-refractivity contribution in [2.45, 2.75) is 13.0 Å². The van der Waals surface area contributed by atoms with Gasteiger partial charge in [0.1, 0.15) is 0 Å². The lowest BCUT2D eigenvalue weighted by molar-refractivity contribution is -0.138. The van der Waals surface area contributed by atoms with Crippen molar-refractivity contribution < 1.29 is 13.9 Å². The lowest BCUT2D eigenvalue weighted by atomic mass is 10.2. The van der Waals surface area contributed by atoms with Crippen molar-refractivity contribution in [2.75, 3.05) is 31.1 Å². The second-order valence-electron chi connectivity index (χ2n) is 7.02. The Labute approximate surface area is 174 Å². The third-order valence-electron chi connectivity index (χ3n) is 5.01. The molecule has 154 valence electrons. The van der Waals surface area contributed by atoms with E-state index in [0.717, 1.165) is 17.1 Å². The second kappa shape index (κ2) is 8.86. The van der Waals surface area contributed by atoms with Gasteiger partial charge in [-0.25, -0.2) is 4.39 Å². The summed E-state index contributed by atoms with van der Waals surface area (Å²) < 4.78 is 19.3. The minimum Gasteiger partial charge on any atom is -0.478 e. The monoisotopic (exact) mass is 407 g/mol. The summed E-state index contributed by atoms with van der Waals surface area (Å²) in [5.74, 6) is 0.220. The zero-order chi connectivity index (χ0) is 20.9. The van der Waals surface area contributed by atoms with Crippen LogP contribution in [0.5, 0.6) is 5.75 Å². The number of rotatable bonds is 5. The molecule has 0 spiro atoms. The quantitative estimate of drug-likeness (QED) is 0.648. The Morgan fingerprint density at radius 3 is 2.50 bits per heavy atom. The zero-order valence-electron chi connectivity index (χ0n) is 16.6. The maximum absolute atomic E-state index is 13.8. The fourth-order valence-electron chi connectivity index (χ4n) is 3.36. The lowest BCUT2D eigenvalue weighted by Gasteiger charge is -2.36. The summed E-state index contributed by atoms with van der Waals surface area (Å²) in [6.45, 7) is 3.99. The molecule has 1 fully saturated rings. The van der Waals surface area contributed by atoms with Crippen molar-refractivity contribution in [3.05, 3.63) is 66.7 Å². The number of nitrogens with zero attached hydrogens (tertiary/aromatic N) is 5. The van der Waals surface area contributed by atoms with E-state index in [0.29, 0.717) is 26.2 Å². The number of hydrogen-bond donors (Lipinski definition) is 0. The molecule has 0 bridgehead atoms. The third kappa shape index (κ3) is 4.37. The molecule has 3 aromatic rings. The topological polar surface area (TPSA) is 71.5 Å². The third-order valence-corrected chi connectivity index (χ3v) is 5.01. The van der Waals surface area contributed by atoms with Crippen LogP contribution in [-0.4, -0.2) is 58.3 Å². The first-order chi connectivity index (χ1) is 14.6. The highest BCUT2D eigenvalue weighted by Gasteiger charge is 2.27. The SMILES string of the molecule is CC(Oc1ccccc1F)C(=O)N1CCN(c2ccc(-c3cccnc3)nn2)CC1. The smallest absolute Gasteiger partial charge is 0.263 e. The number of piperazine rings is 1. The first kappa shape index (κ1) is 19.8. The van der Waals surface area contributed by atoms with Gasteiger partial charge in [-0.15, -0.1) is 10.2 Å². The lowest BCUT2D eigenvalue weighted by Crippen LogP contribution is -2.52. The number of halogens is 1. The van der Waals surface area contributed by atoms with Crippen molar-refractivity contribution in [2.24, 2.45) is 0 Å². The summed E-state index contributed by atoms with van der Waals surface area (Å²) in [6, 6.07) is 13.7. The van der Waals surface area contributed by atoms with E-state index in [1.807, 2.05) is 24.3 Å². The van der Waals surface area contributed by atoms with E-state index in [1.165, 1.54) is 12.1 Å². The number of pyridine rings is 1. The molecule has 1 amide bonds. The highest BCUT2D eigenvalue weighted by Crippen LogP contribution is 2.20. The number of benzene rings is 1. The molecule has 4 rings (SSSR count). The minimum atomic E-state index is -0.757. The van der Waals surface area contributed by atoms with Crippen molar-refractivity contribution in [1.29, 1.82) is 0 Å². The van der Waals surface area contributed by atoms with Crippen LogP contribution in [0.15, 0.2) is 60.9 Å². The Morgan fingerprint density at radius 1 is 1.03 bits per heavy atom. The number of hydrogen-bond acceptors (Lipinski definition) is 6. The molecule has 1 aromatic carbocycles. The van der Waals surface area contributed by atoms with Gasteiger partial charge in [0, 0.05) is 44.1 Å². The van der Waals surface area contributed by atoms with Gasteiger partial charge < -0.3 is 14.5 Å². The van der Waals surface area contributed by atoms with Gasteiger partial charge in [0.2, 0.25) is 0 Å². The predicted octanol–water partition coefficient (Wildman–Crippen LogP) is 2.79. The van der Waals surface area contributed by atoms with Crippen LogP contribution in [0.3, 0.4) is 0 Å². The summed E-state index contributed by atoms with van der Waals surface area (Å²) >= 11 is 0. The number of aromatic nitrogens is 3. The summed E-state index contributed by atoms with van der Waals surface area (Å²) in [6.07, 6.45) is 2.71. The Bertz CT molecular complexity index is 992. The van der Waals surface area contributed by atoms with Crippen molar-refractivity contribution in [3.63, 3.8) is 0 Å². The van der Waals surface area contributed by atoms with Crippen LogP contribution in [0.4, 0.5) is 10.2 Å². The maximum atomic E-state index is 13.8. The van der Waals surface area contributed by atoms with E-state index in [-0.39, 0.29) is 11.7 Å². The van der Waals surface area contributed by atoms with E-state index < -0.39 is 11.9 Å². The zero-order valence-corrected chi connectivity index (χ0v) is 16.6. The van der Waals surface area contributed by atoms with Gasteiger partial charge in [-0.1, -0.05) is 12.1 Å². The van der Waals surface area contributed by atoms with Gasteiger partial charge in [-0.2, -0.15) is 0 Å². The number of ether oxygens (including phenoxy) is 1. The number of anilines is 1. The van der Waals surface area contributed by atoms with Gasteiger partial charge in [0.25, 0.3) is 5.91 Å². The standard InChI is InChI=1S/C22H22FN5O2/c1-16(30-20-7-3-2-6-18(20)23)22(29)28-13-11-27(12-14-28)21-9-8-19(25-26-21)17-5-4-10-24-15-17/h2-10,15-16H,11-14H2,1H3. The van der Waals surface area contributed by atoms with E-state index in [2.05, 4.69) is 20.1 Å². The Balaban J connectivity index is 1.33. The summed E-state index contributed by atoms with van der Waals surface area (Å²) in [5.41, 5.74) is 1.68. The summed E-state index contributed by atoms with van der Waals surface area (Å²) in [7, 11) is 0. The molecule has 0 radical (unpaired) electrons. The molecule has 1 unspecified atom stereocenters. The molecule has 1 saturated heterocycles. The molecular weight excluding hydrogens is 385 g/mol. The number of carbonyl (C=O) groups excluding carboxylic acids is 1. The molecule has 0 aliphatic carbocycles. The Morgan fingerprint density at radius 2 is 1.83 bits per heavy atom. The molecule has 7 nitrogen and oxygen atoms in total. The Hall–Kier alpha value is -3.55. The number of para-hydroxylation sites is 1. The fourth-order valence-corrected chi connectivity index (χ4v) is 3.36. The van der Waals surface area contributed by atoms with Crippen LogP contribution in [0.25, 0.3) is 11.3 Å². The molecule has 1 aliphatic heterocycles. The van der Waals surface area contributed by atoms with E-state index in [4.69, 9.17) is 4.74 Å². The molecule has 30 heavy (non-hydrogen) atoms. The van der Waals surface area contributed by atoms with Crippen LogP contribution < -0.4 is 9.64 Å². The first-order valence-electron chi connectivity index (χ1n) is 9.81. The summed E-state index contributed by atoms with van der Waals surface area (Å²) in [5, 5.41) is 8.62. The number of carbonyl (C=O) groups is 1. The highest BCUT2D eigenvalue weighted by atomic mass is 19.1. The largest absolute Gasteiger partial charge is 0.478 e. The molecule has 2 aromatic heterocycles. The van der Waals surface area contributed by atoms with Crippen LogP contribution in [0, 0.1) is 5.82 Å². The van der Waals surface area contributed by atoms with Crippen LogP contribution in [0.2, 0.25) is 0 Å². The first-order valence-corrected chi connectivity index (χ1v) is 9.81. The average molecular weight is 407 g/mol. The molecule has 0 N–H and O–H groups in total. The van der Waals surface area contributed by atoms with Crippen molar-refractivity contribution in [1.82, 2.24) is 20.1 Å². The molecular formula is C22H22FN5O2. The van der Waals surface area contributed by atoms with Gasteiger partial charge in [0.05, 0.1) is 5.69 Å². The molecule has 1 aliphatic rings. The fraction of sp³-hybridized carbons (Fsp3) is 0.273. The Kier molecular flexibility index (Phi) is 5.83. The van der Waals surface area contributed by atoms with Crippen LogP contribution in [-0.2, 0) is 4.79 Å². The van der Waals surface area contributed by atoms with E-state index in [1.54, 1.807) is 36.4 Å². The summed E-state index contributed by atoms with van der Waals surface area (Å²) in [4.78, 5) is 20.6. The predicted molar refractivity (Wildman–Crippen MR) is 111 cm³/mol. The second-order valence-corrected chi connectivity index (χ2v) is 7.02. The van der Waals surface area contributed by atoms with Gasteiger partial charge in [0.15, 0.2) is 23.5 Å².